The second-order valence-corrected chi connectivity index (χ2v) is 5.07. The third-order valence-electron chi connectivity index (χ3n) is 2.49. The van der Waals surface area contributed by atoms with Crippen molar-refractivity contribution in [1.82, 2.24) is 0 Å². The zero-order valence-electron chi connectivity index (χ0n) is 9.52. The summed E-state index contributed by atoms with van der Waals surface area (Å²) in [6.07, 6.45) is 1.14. The van der Waals surface area contributed by atoms with Crippen LogP contribution in [-0.2, 0) is 6.42 Å². The van der Waals surface area contributed by atoms with Crippen LogP contribution in [0, 0.1) is 6.92 Å². The molecule has 82 valence electrons. The highest BCUT2D eigenvalue weighted by Gasteiger charge is 1.95. The van der Waals surface area contributed by atoms with Gasteiger partial charge in [-0.1, -0.05) is 48.0 Å². The lowest BCUT2D eigenvalue weighted by molar-refractivity contribution is 1.14. The Morgan fingerprint density at radius 1 is 0.938 bits per heavy atom. The summed E-state index contributed by atoms with van der Waals surface area (Å²) in [7, 11) is 0. The third-order valence-corrected chi connectivity index (χ3v) is 3.50. The van der Waals surface area contributed by atoms with E-state index in [1.807, 2.05) is 11.8 Å². The monoisotopic (exact) mass is 228 g/mol. The van der Waals surface area contributed by atoms with Crippen molar-refractivity contribution in [2.24, 2.45) is 0 Å². The molecule has 2 aromatic carbocycles. The van der Waals surface area contributed by atoms with Crippen molar-refractivity contribution >= 4 is 11.8 Å². The number of hydrogen-bond acceptors (Lipinski definition) is 1. The highest BCUT2D eigenvalue weighted by Crippen LogP contribution is 2.18. The van der Waals surface area contributed by atoms with E-state index in [1.54, 1.807) is 0 Å². The number of benzene rings is 2. The molecule has 0 atom stereocenters. The van der Waals surface area contributed by atoms with Crippen LogP contribution in [0.3, 0.4) is 0 Å². The van der Waals surface area contributed by atoms with Crippen molar-refractivity contribution in [3.05, 3.63) is 65.7 Å². The lowest BCUT2D eigenvalue weighted by atomic mass is 10.1. The van der Waals surface area contributed by atoms with E-state index in [0.29, 0.717) is 0 Å². The molecule has 0 spiro atoms. The summed E-state index contributed by atoms with van der Waals surface area (Å²) < 4.78 is 0. The van der Waals surface area contributed by atoms with Crippen molar-refractivity contribution in [2.45, 2.75) is 18.2 Å². The molecule has 1 heteroatoms. The Hall–Kier alpha value is -1.21. The summed E-state index contributed by atoms with van der Waals surface area (Å²) >= 11 is 1.92. The smallest absolute Gasteiger partial charge is 0.00720 e. The molecule has 16 heavy (non-hydrogen) atoms. The van der Waals surface area contributed by atoms with E-state index >= 15 is 0 Å². The normalized spacial score (nSPS) is 10.3. The first-order valence-electron chi connectivity index (χ1n) is 5.58. The first-order chi connectivity index (χ1) is 7.84. The molecule has 0 nitrogen and oxygen atoms in total. The molecule has 0 heterocycles. The van der Waals surface area contributed by atoms with E-state index in [-0.39, 0.29) is 0 Å². The average Bonchev–Trinajstić information content (AvgIpc) is 2.30. The summed E-state index contributed by atoms with van der Waals surface area (Å²) in [5.41, 5.74) is 2.78. The van der Waals surface area contributed by atoms with E-state index in [0.717, 1.165) is 12.2 Å². The third kappa shape index (κ3) is 3.42. The minimum atomic E-state index is 1.14. The van der Waals surface area contributed by atoms with Gasteiger partial charge in [-0.2, -0.15) is 0 Å². The Kier molecular flexibility index (Phi) is 4.06. The second-order valence-electron chi connectivity index (χ2n) is 3.90. The van der Waals surface area contributed by atoms with Gasteiger partial charge in [0.1, 0.15) is 0 Å². The van der Waals surface area contributed by atoms with Gasteiger partial charge in [0, 0.05) is 10.6 Å². The molecule has 0 aromatic heterocycles. The highest BCUT2D eigenvalue weighted by atomic mass is 32.2. The highest BCUT2D eigenvalue weighted by molar-refractivity contribution is 7.99. The van der Waals surface area contributed by atoms with E-state index < -0.39 is 0 Å². The van der Waals surface area contributed by atoms with Crippen LogP contribution in [0.5, 0.6) is 0 Å². The van der Waals surface area contributed by atoms with Gasteiger partial charge in [0.05, 0.1) is 0 Å². The Balaban J connectivity index is 1.85. The van der Waals surface area contributed by atoms with Gasteiger partial charge in [0.25, 0.3) is 0 Å². The molecule has 0 radical (unpaired) electrons. The van der Waals surface area contributed by atoms with Crippen LogP contribution in [0.1, 0.15) is 11.1 Å². The fraction of sp³-hybridized carbons (Fsp3) is 0.200. The molecule has 0 amide bonds. The zero-order chi connectivity index (χ0) is 11.2. The molecule has 0 N–H and O–H groups in total. The van der Waals surface area contributed by atoms with Gasteiger partial charge in [-0.3, -0.25) is 0 Å². The summed E-state index contributed by atoms with van der Waals surface area (Å²) in [6, 6.07) is 19.3. The molecular formula is C15H16S. The Labute approximate surface area is 102 Å². The van der Waals surface area contributed by atoms with Gasteiger partial charge < -0.3 is 0 Å². The van der Waals surface area contributed by atoms with Gasteiger partial charge >= 0.3 is 0 Å². The zero-order valence-corrected chi connectivity index (χ0v) is 10.3. The average molecular weight is 228 g/mol. The number of rotatable bonds is 4. The van der Waals surface area contributed by atoms with Crippen molar-refractivity contribution in [3.63, 3.8) is 0 Å². The van der Waals surface area contributed by atoms with Crippen LogP contribution in [0.2, 0.25) is 0 Å². The molecular weight excluding hydrogens is 212 g/mol. The second kappa shape index (κ2) is 5.76. The van der Waals surface area contributed by atoms with Crippen molar-refractivity contribution in [3.8, 4) is 0 Å². The van der Waals surface area contributed by atoms with Crippen LogP contribution in [0.25, 0.3) is 0 Å². The Morgan fingerprint density at radius 3 is 2.50 bits per heavy atom. The van der Waals surface area contributed by atoms with Gasteiger partial charge in [0.15, 0.2) is 0 Å². The van der Waals surface area contributed by atoms with Crippen LogP contribution < -0.4 is 0 Å². The SMILES string of the molecule is Cc1cccc(CCSc2ccccc2)c1. The maximum atomic E-state index is 2.27. The summed E-state index contributed by atoms with van der Waals surface area (Å²) in [5, 5.41) is 0. The maximum Gasteiger partial charge on any atom is 0.00720 e. The predicted molar refractivity (Wildman–Crippen MR) is 72.0 cm³/mol. The predicted octanol–water partition coefficient (Wildman–Crippen LogP) is 4.33. The maximum absolute atomic E-state index is 2.27. The Bertz CT molecular complexity index is 434. The van der Waals surface area contributed by atoms with Gasteiger partial charge in [-0.05, 0) is 31.0 Å². The quantitative estimate of drug-likeness (QED) is 0.702. The van der Waals surface area contributed by atoms with E-state index in [9.17, 15) is 0 Å². The van der Waals surface area contributed by atoms with Crippen LogP contribution in [0.4, 0.5) is 0 Å². The van der Waals surface area contributed by atoms with Crippen LogP contribution in [-0.4, -0.2) is 5.75 Å². The Morgan fingerprint density at radius 2 is 1.75 bits per heavy atom. The topological polar surface area (TPSA) is 0 Å². The molecule has 0 aliphatic rings. The van der Waals surface area contributed by atoms with Crippen molar-refractivity contribution in [1.29, 1.82) is 0 Å². The summed E-state index contributed by atoms with van der Waals surface area (Å²) in [6.45, 7) is 2.15. The largest absolute Gasteiger partial charge is 0.126 e. The molecule has 0 saturated heterocycles. The lowest BCUT2D eigenvalue weighted by Gasteiger charge is -2.03. The fourth-order valence-corrected chi connectivity index (χ4v) is 2.59. The molecule has 2 aromatic rings. The molecule has 0 aliphatic heterocycles. The molecule has 0 aliphatic carbocycles. The lowest BCUT2D eigenvalue weighted by Crippen LogP contribution is -1.88. The molecule has 0 saturated carbocycles. The standard InChI is InChI=1S/C15H16S/c1-13-6-5-7-14(12-13)10-11-16-15-8-3-2-4-9-15/h2-9,12H,10-11H2,1H3. The number of thioether (sulfide) groups is 1. The molecule has 0 unspecified atom stereocenters. The summed E-state index contributed by atoms with van der Waals surface area (Å²) in [4.78, 5) is 1.36. The van der Waals surface area contributed by atoms with Gasteiger partial charge in [0.2, 0.25) is 0 Å². The molecule has 0 bridgehead atoms. The number of aryl methyl sites for hydroxylation is 2. The van der Waals surface area contributed by atoms with Crippen molar-refractivity contribution < 1.29 is 0 Å². The van der Waals surface area contributed by atoms with Crippen LogP contribution >= 0.6 is 11.8 Å². The summed E-state index contributed by atoms with van der Waals surface area (Å²) in [5.74, 6) is 1.15. The van der Waals surface area contributed by atoms with Gasteiger partial charge in [-0.25, -0.2) is 0 Å². The molecule has 2 rings (SSSR count). The number of hydrogen-bond donors (Lipinski definition) is 0. The van der Waals surface area contributed by atoms with E-state index in [1.165, 1.54) is 16.0 Å². The first-order valence-corrected chi connectivity index (χ1v) is 6.56. The minimum absolute atomic E-state index is 1.14. The van der Waals surface area contributed by atoms with Crippen LogP contribution in [0.15, 0.2) is 59.5 Å². The first kappa shape index (κ1) is 11.3. The molecule has 0 fully saturated rings. The van der Waals surface area contributed by atoms with Gasteiger partial charge in [-0.15, -0.1) is 11.8 Å². The minimum Gasteiger partial charge on any atom is -0.126 e. The van der Waals surface area contributed by atoms with Crippen molar-refractivity contribution in [2.75, 3.05) is 5.75 Å². The van der Waals surface area contributed by atoms with E-state index in [4.69, 9.17) is 0 Å². The fourth-order valence-electron chi connectivity index (χ4n) is 1.67. The van der Waals surface area contributed by atoms with E-state index in [2.05, 4.69) is 61.5 Å².